The average molecular weight is 493 g/mol. The predicted octanol–water partition coefficient (Wildman–Crippen LogP) is 10.5. The molecule has 1 aliphatic rings. The lowest BCUT2D eigenvalue weighted by Crippen LogP contribution is -2.27. The Kier molecular flexibility index (Phi) is 7.92. The molecule has 1 aromatic heterocycles. The van der Waals surface area contributed by atoms with E-state index in [-0.39, 0.29) is 5.41 Å². The maximum Gasteiger partial charge on any atom is 0.135 e. The summed E-state index contributed by atoms with van der Waals surface area (Å²) in [5, 5.41) is 6.10. The summed E-state index contributed by atoms with van der Waals surface area (Å²) in [6, 6.07) is 30.0. The van der Waals surface area contributed by atoms with E-state index in [1.54, 1.807) is 0 Å². The van der Waals surface area contributed by atoms with Crippen LogP contribution in [0, 0.1) is 6.92 Å². The van der Waals surface area contributed by atoms with Gasteiger partial charge in [0.25, 0.3) is 0 Å². The number of para-hydroxylation sites is 4. The normalized spacial score (nSPS) is 16.0. The van der Waals surface area contributed by atoms with Gasteiger partial charge in [0, 0.05) is 34.1 Å². The molecule has 1 N–H and O–H groups in total. The van der Waals surface area contributed by atoms with Gasteiger partial charge in [0.1, 0.15) is 11.2 Å². The highest BCUT2D eigenvalue weighted by Gasteiger charge is 2.38. The summed E-state index contributed by atoms with van der Waals surface area (Å²) in [6.45, 7) is 15.8. The largest absolute Gasteiger partial charge is 0.456 e. The Labute approximate surface area is 222 Å². The van der Waals surface area contributed by atoms with Crippen molar-refractivity contribution in [2.45, 2.75) is 60.3 Å². The summed E-state index contributed by atoms with van der Waals surface area (Å²) in [7, 11) is 0. The highest BCUT2D eigenvalue weighted by Crippen LogP contribution is 2.48. The fourth-order valence-electron chi connectivity index (χ4n) is 5.34. The molecule has 0 bridgehead atoms. The molecule has 0 spiro atoms. The molecule has 5 aromatic rings. The van der Waals surface area contributed by atoms with Crippen LogP contribution in [0.3, 0.4) is 0 Å². The third kappa shape index (κ3) is 4.59. The molecule has 192 valence electrons. The molecule has 0 saturated heterocycles. The van der Waals surface area contributed by atoms with Gasteiger partial charge in [-0.05, 0) is 60.9 Å². The van der Waals surface area contributed by atoms with Gasteiger partial charge in [0.05, 0.1) is 11.4 Å². The highest BCUT2D eigenvalue weighted by molar-refractivity contribution is 6.08. The fraction of sp³-hybridized carbons (Fsp3) is 0.294. The zero-order valence-electron chi connectivity index (χ0n) is 23.4. The molecule has 1 atom stereocenters. The Balaban J connectivity index is 0.000000765. The first-order valence-corrected chi connectivity index (χ1v) is 13.7. The minimum absolute atomic E-state index is 0.147. The smallest absolute Gasteiger partial charge is 0.135 e. The first-order valence-electron chi connectivity index (χ1n) is 13.7. The first kappa shape index (κ1) is 26.3. The van der Waals surface area contributed by atoms with Crippen LogP contribution < -0.4 is 10.2 Å². The summed E-state index contributed by atoms with van der Waals surface area (Å²) < 4.78 is 6.08. The number of anilines is 4. The first-order chi connectivity index (χ1) is 18.1. The molecule has 4 aromatic carbocycles. The van der Waals surface area contributed by atoms with E-state index < -0.39 is 0 Å². The standard InChI is InChI=1S/C30H28N2O.2C2H6/c1-4-30(3)19-32(25-14-8-6-12-22(25)30)26-15-9-7-13-24(26)31-23-17-18-28-29(20(23)2)21-11-5-10-16-27(21)33-28;2*1-2/h5-18,31H,4,19H2,1-3H3;2*1-2H3. The molecule has 0 amide bonds. The van der Waals surface area contributed by atoms with E-state index in [1.165, 1.54) is 27.9 Å². The van der Waals surface area contributed by atoms with Gasteiger partial charge in [-0.15, -0.1) is 0 Å². The maximum atomic E-state index is 6.08. The van der Waals surface area contributed by atoms with Crippen molar-refractivity contribution in [2.75, 3.05) is 16.8 Å². The van der Waals surface area contributed by atoms with Crippen molar-refractivity contribution in [1.82, 2.24) is 0 Å². The Morgan fingerprint density at radius 3 is 2.16 bits per heavy atom. The lowest BCUT2D eigenvalue weighted by molar-refractivity contribution is 0.492. The third-order valence-corrected chi connectivity index (χ3v) is 7.40. The minimum Gasteiger partial charge on any atom is -0.456 e. The number of nitrogens with zero attached hydrogens (tertiary/aromatic N) is 1. The van der Waals surface area contributed by atoms with Crippen LogP contribution in [0.4, 0.5) is 22.7 Å². The molecule has 0 radical (unpaired) electrons. The average Bonchev–Trinajstić information content (AvgIpc) is 3.49. The molecular formula is C34H40N2O. The second-order valence-electron chi connectivity index (χ2n) is 9.37. The quantitative estimate of drug-likeness (QED) is 0.270. The zero-order valence-corrected chi connectivity index (χ0v) is 23.4. The summed E-state index contributed by atoms with van der Waals surface area (Å²) in [5.74, 6) is 0. The van der Waals surface area contributed by atoms with Crippen molar-refractivity contribution in [2.24, 2.45) is 0 Å². The van der Waals surface area contributed by atoms with Gasteiger partial charge < -0.3 is 14.6 Å². The van der Waals surface area contributed by atoms with Gasteiger partial charge >= 0.3 is 0 Å². The van der Waals surface area contributed by atoms with Gasteiger partial charge in [-0.2, -0.15) is 0 Å². The van der Waals surface area contributed by atoms with Crippen LogP contribution in [0.25, 0.3) is 21.9 Å². The molecule has 3 heteroatoms. The van der Waals surface area contributed by atoms with Crippen molar-refractivity contribution in [3.63, 3.8) is 0 Å². The molecule has 0 fully saturated rings. The number of aryl methyl sites for hydroxylation is 1. The number of rotatable bonds is 4. The lowest BCUT2D eigenvalue weighted by Gasteiger charge is -2.27. The summed E-state index contributed by atoms with van der Waals surface area (Å²) in [4.78, 5) is 2.47. The maximum absolute atomic E-state index is 6.08. The Hall–Kier alpha value is -3.72. The van der Waals surface area contributed by atoms with E-state index in [0.29, 0.717) is 0 Å². The topological polar surface area (TPSA) is 28.4 Å². The fourth-order valence-corrected chi connectivity index (χ4v) is 5.34. The van der Waals surface area contributed by atoms with Crippen molar-refractivity contribution in [3.8, 4) is 0 Å². The van der Waals surface area contributed by atoms with E-state index in [9.17, 15) is 0 Å². The highest BCUT2D eigenvalue weighted by atomic mass is 16.3. The van der Waals surface area contributed by atoms with E-state index in [2.05, 4.69) is 104 Å². The molecule has 2 heterocycles. The van der Waals surface area contributed by atoms with Crippen molar-refractivity contribution in [3.05, 3.63) is 96.1 Å². The summed E-state index contributed by atoms with van der Waals surface area (Å²) in [6.07, 6.45) is 1.11. The van der Waals surface area contributed by atoms with Gasteiger partial charge in [-0.25, -0.2) is 0 Å². The molecule has 0 aliphatic carbocycles. The third-order valence-electron chi connectivity index (χ3n) is 7.40. The molecule has 1 aliphatic heterocycles. The summed E-state index contributed by atoms with van der Waals surface area (Å²) >= 11 is 0. The lowest BCUT2D eigenvalue weighted by atomic mass is 9.82. The van der Waals surface area contributed by atoms with Gasteiger partial charge in [0.15, 0.2) is 0 Å². The molecule has 3 nitrogen and oxygen atoms in total. The number of furan rings is 1. The van der Waals surface area contributed by atoms with E-state index in [4.69, 9.17) is 4.42 Å². The van der Waals surface area contributed by atoms with E-state index in [1.807, 2.05) is 39.8 Å². The van der Waals surface area contributed by atoms with E-state index >= 15 is 0 Å². The van der Waals surface area contributed by atoms with Crippen LogP contribution in [0.2, 0.25) is 0 Å². The van der Waals surface area contributed by atoms with E-state index in [0.717, 1.165) is 40.9 Å². The monoisotopic (exact) mass is 492 g/mol. The molecule has 6 rings (SSSR count). The number of benzene rings is 4. The van der Waals surface area contributed by atoms with Crippen LogP contribution >= 0.6 is 0 Å². The summed E-state index contributed by atoms with van der Waals surface area (Å²) in [5.41, 5.74) is 9.38. The van der Waals surface area contributed by atoms with Crippen LogP contribution in [-0.2, 0) is 5.41 Å². The van der Waals surface area contributed by atoms with Crippen LogP contribution in [0.15, 0.2) is 89.3 Å². The number of hydrogen-bond acceptors (Lipinski definition) is 3. The Morgan fingerprint density at radius 2 is 1.41 bits per heavy atom. The van der Waals surface area contributed by atoms with Crippen molar-refractivity contribution < 1.29 is 4.42 Å². The minimum atomic E-state index is 0.147. The van der Waals surface area contributed by atoms with Crippen molar-refractivity contribution in [1.29, 1.82) is 0 Å². The Bertz CT molecular complexity index is 1500. The van der Waals surface area contributed by atoms with Crippen molar-refractivity contribution >= 4 is 44.7 Å². The second kappa shape index (κ2) is 11.1. The molecular weight excluding hydrogens is 452 g/mol. The number of hydrogen-bond donors (Lipinski definition) is 1. The molecule has 37 heavy (non-hydrogen) atoms. The Morgan fingerprint density at radius 1 is 0.757 bits per heavy atom. The van der Waals surface area contributed by atoms with Gasteiger partial charge in [0.2, 0.25) is 0 Å². The molecule has 0 saturated carbocycles. The van der Waals surface area contributed by atoms with Gasteiger partial charge in [-0.1, -0.05) is 90.1 Å². The van der Waals surface area contributed by atoms with Crippen LogP contribution in [0.1, 0.15) is 59.1 Å². The molecule has 1 unspecified atom stereocenters. The van der Waals surface area contributed by atoms with Gasteiger partial charge in [-0.3, -0.25) is 0 Å². The predicted molar refractivity (Wildman–Crippen MR) is 162 cm³/mol. The second-order valence-corrected chi connectivity index (χ2v) is 9.37. The number of nitrogens with one attached hydrogen (secondary N) is 1. The zero-order chi connectivity index (χ0) is 26.6. The van der Waals surface area contributed by atoms with Crippen LogP contribution in [0.5, 0.6) is 0 Å². The number of fused-ring (bicyclic) bond motifs is 4. The SMILES string of the molecule is CC.CC.CCC1(C)CN(c2ccccc2Nc2ccc3oc4ccccc4c3c2C)c2ccccc21. The van der Waals surface area contributed by atoms with Crippen LogP contribution in [-0.4, -0.2) is 6.54 Å².